The van der Waals surface area contributed by atoms with Crippen molar-refractivity contribution in [3.63, 3.8) is 0 Å². The fourth-order valence-corrected chi connectivity index (χ4v) is 5.50. The fourth-order valence-electron chi connectivity index (χ4n) is 2.66. The molecule has 142 valence electrons. The van der Waals surface area contributed by atoms with E-state index in [1.165, 1.54) is 41.7 Å². The van der Waals surface area contributed by atoms with E-state index in [1.54, 1.807) is 48.5 Å². The summed E-state index contributed by atoms with van der Waals surface area (Å²) in [6, 6.07) is 14.8. The highest BCUT2D eigenvalue weighted by Crippen LogP contribution is 2.44. The number of nitro groups is 1. The molecule has 1 aliphatic rings. The molecule has 3 rings (SSSR count). The minimum atomic E-state index is -0.497. The number of allylic oxidation sites excluding steroid dienone is 2. The Morgan fingerprint density at radius 3 is 2.43 bits per heavy atom. The number of para-hydroxylation sites is 1. The Morgan fingerprint density at radius 1 is 1.11 bits per heavy atom. The lowest BCUT2D eigenvalue weighted by Crippen LogP contribution is -2.13. The van der Waals surface area contributed by atoms with Crippen LogP contribution >= 0.6 is 23.5 Å². The summed E-state index contributed by atoms with van der Waals surface area (Å²) < 4.78 is 0.707. The molecule has 0 spiro atoms. The molecule has 1 saturated heterocycles. The number of hydrogen-bond acceptors (Lipinski definition) is 6. The van der Waals surface area contributed by atoms with E-state index in [0.29, 0.717) is 20.6 Å². The predicted molar refractivity (Wildman–Crippen MR) is 114 cm³/mol. The number of hydrogen-bond donors (Lipinski definition) is 0. The van der Waals surface area contributed by atoms with Crippen LogP contribution in [-0.4, -0.2) is 27.5 Å². The molecule has 1 fully saturated rings. The van der Waals surface area contributed by atoms with Gasteiger partial charge >= 0.3 is 0 Å². The second-order valence-corrected chi connectivity index (χ2v) is 8.85. The van der Waals surface area contributed by atoms with Gasteiger partial charge in [-0.25, -0.2) is 0 Å². The van der Waals surface area contributed by atoms with Gasteiger partial charge in [0, 0.05) is 22.6 Å². The number of benzene rings is 2. The first-order chi connectivity index (χ1) is 13.5. The number of nitro benzene ring substituents is 1. The third kappa shape index (κ3) is 4.61. The smallest absolute Gasteiger partial charge is 0.276 e. The van der Waals surface area contributed by atoms with Gasteiger partial charge in [-0.15, -0.1) is 23.5 Å². The summed E-state index contributed by atoms with van der Waals surface area (Å²) in [6.45, 7) is 2.04. The lowest BCUT2D eigenvalue weighted by atomic mass is 10.0. The van der Waals surface area contributed by atoms with Gasteiger partial charge in [0.1, 0.15) is 0 Å². The molecule has 0 aliphatic carbocycles. The number of thioether (sulfide) groups is 2. The normalized spacial score (nSPS) is 18.2. The molecule has 0 N–H and O–H groups in total. The minimum absolute atomic E-state index is 0.0895. The second-order valence-electron chi connectivity index (χ2n) is 6.11. The van der Waals surface area contributed by atoms with E-state index in [-0.39, 0.29) is 17.0 Å². The van der Waals surface area contributed by atoms with Crippen molar-refractivity contribution in [2.24, 2.45) is 0 Å². The zero-order chi connectivity index (χ0) is 20.1. The molecule has 0 aromatic heterocycles. The molecule has 0 saturated carbocycles. The van der Waals surface area contributed by atoms with E-state index < -0.39 is 10.7 Å². The van der Waals surface area contributed by atoms with Crippen LogP contribution in [0.1, 0.15) is 22.8 Å². The molecule has 7 heteroatoms. The highest BCUT2D eigenvalue weighted by atomic mass is 32.2. The van der Waals surface area contributed by atoms with Gasteiger partial charge in [0.25, 0.3) is 5.69 Å². The molecule has 1 heterocycles. The molecule has 0 radical (unpaired) electrons. The molecule has 1 aliphatic heterocycles. The molecule has 28 heavy (non-hydrogen) atoms. The molecule has 0 bridgehead atoms. The van der Waals surface area contributed by atoms with Crippen molar-refractivity contribution in [3.05, 3.63) is 91.7 Å². The molecule has 2 aromatic carbocycles. The van der Waals surface area contributed by atoms with Crippen molar-refractivity contribution in [3.8, 4) is 0 Å². The van der Waals surface area contributed by atoms with Gasteiger partial charge in [-0.3, -0.25) is 19.7 Å². The van der Waals surface area contributed by atoms with E-state index in [0.717, 1.165) is 5.75 Å². The maximum Gasteiger partial charge on any atom is 0.276 e. The van der Waals surface area contributed by atoms with Gasteiger partial charge in [0.15, 0.2) is 11.6 Å². The van der Waals surface area contributed by atoms with Crippen molar-refractivity contribution in [1.29, 1.82) is 0 Å². The Bertz CT molecular complexity index is 983. The van der Waals surface area contributed by atoms with Gasteiger partial charge in [-0.2, -0.15) is 0 Å². The van der Waals surface area contributed by atoms with Crippen molar-refractivity contribution in [1.82, 2.24) is 0 Å². The SMILES string of the molecule is CC1CS/C(=C(/C(=O)/C=C/c2ccccc2[N+](=O)[O-])C(=O)c2ccccc2)S1. The zero-order valence-corrected chi connectivity index (χ0v) is 16.7. The third-order valence-corrected chi connectivity index (χ3v) is 6.99. The standard InChI is InChI=1S/C21H17NO4S2/c1-14-13-27-21(28-14)19(20(24)16-8-3-2-4-9-16)18(23)12-11-15-7-5-6-10-17(15)22(25)26/h2-12,14H,13H2,1H3/b12-11+,21-19+. The fraction of sp³-hybridized carbons (Fsp3) is 0.143. The Kier molecular flexibility index (Phi) is 6.49. The van der Waals surface area contributed by atoms with Gasteiger partial charge in [-0.1, -0.05) is 49.4 Å². The Morgan fingerprint density at radius 2 is 1.79 bits per heavy atom. The highest BCUT2D eigenvalue weighted by Gasteiger charge is 2.28. The number of carbonyl (C=O) groups excluding carboxylic acids is 2. The van der Waals surface area contributed by atoms with Crippen LogP contribution in [0, 0.1) is 10.1 Å². The average molecular weight is 412 g/mol. The van der Waals surface area contributed by atoms with Crippen molar-refractivity contribution in [2.45, 2.75) is 12.2 Å². The van der Waals surface area contributed by atoms with E-state index in [4.69, 9.17) is 0 Å². The quantitative estimate of drug-likeness (QED) is 0.164. The predicted octanol–water partition coefficient (Wildman–Crippen LogP) is 5.14. The van der Waals surface area contributed by atoms with Gasteiger partial charge in [-0.05, 0) is 18.2 Å². The van der Waals surface area contributed by atoms with Crippen LogP contribution < -0.4 is 0 Å². The van der Waals surface area contributed by atoms with Crippen LogP contribution in [0.4, 0.5) is 5.69 Å². The zero-order valence-electron chi connectivity index (χ0n) is 15.0. The summed E-state index contributed by atoms with van der Waals surface area (Å²) >= 11 is 3.01. The van der Waals surface area contributed by atoms with E-state index in [2.05, 4.69) is 0 Å². The lowest BCUT2D eigenvalue weighted by Gasteiger charge is -2.07. The summed E-state index contributed by atoms with van der Waals surface area (Å²) in [4.78, 5) is 36.6. The van der Waals surface area contributed by atoms with E-state index in [1.807, 2.05) is 6.92 Å². The van der Waals surface area contributed by atoms with Crippen LogP contribution in [0.3, 0.4) is 0 Å². The first kappa shape index (κ1) is 20.1. The maximum atomic E-state index is 13.0. The molecule has 1 unspecified atom stereocenters. The largest absolute Gasteiger partial charge is 0.289 e. The van der Waals surface area contributed by atoms with Gasteiger partial charge in [0.05, 0.1) is 20.3 Å². The van der Waals surface area contributed by atoms with Crippen molar-refractivity contribution in [2.75, 3.05) is 5.75 Å². The van der Waals surface area contributed by atoms with Crippen molar-refractivity contribution < 1.29 is 14.5 Å². The maximum absolute atomic E-state index is 13.0. The van der Waals surface area contributed by atoms with E-state index >= 15 is 0 Å². The Hall–Kier alpha value is -2.64. The molecular weight excluding hydrogens is 394 g/mol. The van der Waals surface area contributed by atoms with Crippen LogP contribution in [0.15, 0.2) is 70.5 Å². The van der Waals surface area contributed by atoms with Crippen LogP contribution in [-0.2, 0) is 4.79 Å². The number of Topliss-reactive ketones (excluding diaryl/α,β-unsaturated/α-hetero) is 1. The monoisotopic (exact) mass is 411 g/mol. The van der Waals surface area contributed by atoms with E-state index in [9.17, 15) is 19.7 Å². The number of carbonyl (C=O) groups is 2. The van der Waals surface area contributed by atoms with Crippen LogP contribution in [0.25, 0.3) is 6.08 Å². The number of nitrogens with zero attached hydrogens (tertiary/aromatic N) is 1. The summed E-state index contributed by atoms with van der Waals surface area (Å²) in [7, 11) is 0. The Balaban J connectivity index is 1.97. The lowest BCUT2D eigenvalue weighted by molar-refractivity contribution is -0.385. The molecule has 5 nitrogen and oxygen atoms in total. The molecular formula is C21H17NO4S2. The summed E-state index contributed by atoms with van der Waals surface area (Å²) in [5, 5.41) is 11.5. The molecule has 1 atom stereocenters. The number of rotatable bonds is 6. The molecule has 2 aromatic rings. The summed E-state index contributed by atoms with van der Waals surface area (Å²) in [5.41, 5.74) is 0.796. The number of ketones is 2. The topological polar surface area (TPSA) is 77.3 Å². The summed E-state index contributed by atoms with van der Waals surface area (Å²) in [6.07, 6.45) is 2.64. The van der Waals surface area contributed by atoms with Gasteiger partial charge in [0.2, 0.25) is 0 Å². The minimum Gasteiger partial charge on any atom is -0.289 e. The average Bonchev–Trinajstić information content (AvgIpc) is 3.13. The molecule has 0 amide bonds. The second kappa shape index (κ2) is 9.03. The van der Waals surface area contributed by atoms with Gasteiger partial charge < -0.3 is 0 Å². The summed E-state index contributed by atoms with van der Waals surface area (Å²) in [5.74, 6) is 0.0465. The third-order valence-electron chi connectivity index (χ3n) is 4.02. The van der Waals surface area contributed by atoms with Crippen LogP contribution in [0.5, 0.6) is 0 Å². The van der Waals surface area contributed by atoms with Crippen molar-refractivity contribution >= 4 is 46.9 Å². The highest BCUT2D eigenvalue weighted by molar-refractivity contribution is 8.25. The first-order valence-corrected chi connectivity index (χ1v) is 10.4. The van der Waals surface area contributed by atoms with Crippen LogP contribution in [0.2, 0.25) is 0 Å². The Labute approximate surface area is 171 Å². The first-order valence-electron chi connectivity index (χ1n) is 8.56.